The Morgan fingerprint density at radius 2 is 1.74 bits per heavy atom. The number of benzene rings is 2. The number of hydrogen-bond acceptors (Lipinski definition) is 3. The Kier molecular flexibility index (Phi) is 6.73. The summed E-state index contributed by atoms with van der Waals surface area (Å²) in [6.07, 6.45) is 6.04. The zero-order valence-electron chi connectivity index (χ0n) is 17.7. The molecule has 1 saturated heterocycles. The molecule has 0 bridgehead atoms. The number of carbonyl (C=O) groups is 1. The summed E-state index contributed by atoms with van der Waals surface area (Å²) in [5.41, 5.74) is 2.14. The molecule has 3 aromatic rings. The fourth-order valence-electron chi connectivity index (χ4n) is 4.09. The van der Waals surface area contributed by atoms with E-state index in [1.807, 2.05) is 41.1 Å². The zero-order valence-corrected chi connectivity index (χ0v) is 18.5. The maximum atomic E-state index is 12.9. The van der Waals surface area contributed by atoms with Gasteiger partial charge in [0.25, 0.3) is 0 Å². The van der Waals surface area contributed by atoms with Crippen molar-refractivity contribution in [2.75, 3.05) is 19.6 Å². The van der Waals surface area contributed by atoms with E-state index in [1.165, 1.54) is 5.56 Å². The number of nitrogens with zero attached hydrogens (tertiary/aromatic N) is 2. The summed E-state index contributed by atoms with van der Waals surface area (Å²) in [7, 11) is -3.44. The molecule has 0 spiro atoms. The molecule has 1 N–H and O–H groups in total. The molecule has 1 aromatic heterocycles. The van der Waals surface area contributed by atoms with Crippen molar-refractivity contribution in [1.29, 1.82) is 0 Å². The molecule has 1 aliphatic rings. The number of nitrogens with one attached hydrogen (secondary N) is 1. The maximum Gasteiger partial charge on any atom is 0.243 e. The molecule has 1 fully saturated rings. The topological polar surface area (TPSA) is 71.4 Å². The van der Waals surface area contributed by atoms with Crippen molar-refractivity contribution in [3.05, 3.63) is 66.4 Å². The van der Waals surface area contributed by atoms with E-state index in [1.54, 1.807) is 16.4 Å². The third-order valence-corrected chi connectivity index (χ3v) is 7.75. The lowest BCUT2D eigenvalue weighted by atomic mass is 10.1. The number of sulfonamides is 1. The van der Waals surface area contributed by atoms with Gasteiger partial charge in [0.15, 0.2) is 0 Å². The van der Waals surface area contributed by atoms with E-state index in [9.17, 15) is 13.2 Å². The van der Waals surface area contributed by atoms with Crippen molar-refractivity contribution < 1.29 is 13.2 Å². The van der Waals surface area contributed by atoms with Crippen LogP contribution in [-0.4, -0.2) is 42.8 Å². The van der Waals surface area contributed by atoms with Crippen molar-refractivity contribution in [3.63, 3.8) is 0 Å². The molecular formula is C24H29N3O3S. The third-order valence-electron chi connectivity index (χ3n) is 5.85. The first kappa shape index (κ1) is 21.6. The largest absolute Gasteiger partial charge is 0.356 e. The van der Waals surface area contributed by atoms with Gasteiger partial charge in [0, 0.05) is 49.7 Å². The van der Waals surface area contributed by atoms with Crippen LogP contribution in [0.3, 0.4) is 0 Å². The van der Waals surface area contributed by atoms with Crippen LogP contribution in [0.4, 0.5) is 0 Å². The number of aromatic nitrogens is 1. The van der Waals surface area contributed by atoms with Gasteiger partial charge in [-0.1, -0.05) is 36.8 Å². The molecule has 164 valence electrons. The van der Waals surface area contributed by atoms with Gasteiger partial charge in [-0.05, 0) is 49.1 Å². The highest BCUT2D eigenvalue weighted by Gasteiger charge is 2.26. The molecule has 0 aliphatic carbocycles. The Morgan fingerprint density at radius 1 is 0.968 bits per heavy atom. The minimum atomic E-state index is -3.44. The van der Waals surface area contributed by atoms with Crippen LogP contribution in [0.5, 0.6) is 0 Å². The second-order valence-electron chi connectivity index (χ2n) is 8.03. The molecule has 7 heteroatoms. The van der Waals surface area contributed by atoms with Crippen molar-refractivity contribution in [2.24, 2.45) is 0 Å². The van der Waals surface area contributed by atoms with E-state index in [4.69, 9.17) is 0 Å². The lowest BCUT2D eigenvalue weighted by Gasteiger charge is -2.25. The standard InChI is InChI=1S/C24H29N3O3S/c28-24(25-14-11-20-7-3-1-4-8-20)13-18-26-17-12-21-19-22(9-10-23(21)26)31(29,30)27-15-5-2-6-16-27/h1,3-4,7-10,12,17,19H,2,5-6,11,13-16,18H2,(H,25,28). The highest BCUT2D eigenvalue weighted by molar-refractivity contribution is 7.89. The molecule has 1 aliphatic heterocycles. The lowest BCUT2D eigenvalue weighted by molar-refractivity contribution is -0.121. The molecule has 0 radical (unpaired) electrons. The van der Waals surface area contributed by atoms with Crippen LogP contribution in [0.15, 0.2) is 65.7 Å². The van der Waals surface area contributed by atoms with Gasteiger partial charge in [-0.3, -0.25) is 4.79 Å². The lowest BCUT2D eigenvalue weighted by Crippen LogP contribution is -2.35. The third kappa shape index (κ3) is 5.17. The number of amides is 1. The average molecular weight is 440 g/mol. The van der Waals surface area contributed by atoms with E-state index in [0.717, 1.165) is 36.6 Å². The summed E-state index contributed by atoms with van der Waals surface area (Å²) in [4.78, 5) is 12.6. The Hall–Kier alpha value is -2.64. The molecule has 31 heavy (non-hydrogen) atoms. The molecule has 1 amide bonds. The van der Waals surface area contributed by atoms with Crippen molar-refractivity contribution in [2.45, 2.75) is 43.5 Å². The second-order valence-corrected chi connectivity index (χ2v) is 9.97. The van der Waals surface area contributed by atoms with E-state index >= 15 is 0 Å². The monoisotopic (exact) mass is 439 g/mol. The number of aryl methyl sites for hydroxylation is 1. The van der Waals surface area contributed by atoms with Gasteiger partial charge in [-0.25, -0.2) is 8.42 Å². The average Bonchev–Trinajstić information content (AvgIpc) is 3.21. The predicted molar refractivity (Wildman–Crippen MR) is 122 cm³/mol. The van der Waals surface area contributed by atoms with Gasteiger partial charge in [0.2, 0.25) is 15.9 Å². The molecule has 4 rings (SSSR count). The first-order valence-corrected chi connectivity index (χ1v) is 12.4. The van der Waals surface area contributed by atoms with Crippen molar-refractivity contribution >= 4 is 26.8 Å². The molecular weight excluding hydrogens is 410 g/mol. The molecule has 6 nitrogen and oxygen atoms in total. The van der Waals surface area contributed by atoms with E-state index in [2.05, 4.69) is 17.4 Å². The van der Waals surface area contributed by atoms with Gasteiger partial charge in [-0.2, -0.15) is 4.31 Å². The minimum absolute atomic E-state index is 0.0158. The van der Waals surface area contributed by atoms with Crippen molar-refractivity contribution in [3.8, 4) is 0 Å². The quantitative estimate of drug-likeness (QED) is 0.583. The Labute approximate surface area is 183 Å². The first-order chi connectivity index (χ1) is 15.0. The smallest absolute Gasteiger partial charge is 0.243 e. The molecule has 0 unspecified atom stereocenters. The van der Waals surface area contributed by atoms with Gasteiger partial charge in [0.05, 0.1) is 4.90 Å². The van der Waals surface area contributed by atoms with Gasteiger partial charge in [-0.15, -0.1) is 0 Å². The van der Waals surface area contributed by atoms with E-state index in [0.29, 0.717) is 37.5 Å². The Balaban J connectivity index is 1.35. The second kappa shape index (κ2) is 9.66. The van der Waals surface area contributed by atoms with Crippen LogP contribution in [0.25, 0.3) is 10.9 Å². The number of fused-ring (bicyclic) bond motifs is 1. The summed E-state index contributed by atoms with van der Waals surface area (Å²) in [6.45, 7) is 2.37. The zero-order chi connectivity index (χ0) is 21.7. The maximum absolute atomic E-state index is 12.9. The fraction of sp³-hybridized carbons (Fsp3) is 0.375. The Bertz CT molecular complexity index is 1130. The van der Waals surface area contributed by atoms with Crippen LogP contribution in [-0.2, 0) is 27.8 Å². The molecule has 0 saturated carbocycles. The van der Waals surface area contributed by atoms with Crippen LogP contribution < -0.4 is 5.32 Å². The highest BCUT2D eigenvalue weighted by Crippen LogP contribution is 2.25. The van der Waals surface area contributed by atoms with Crippen LogP contribution in [0.1, 0.15) is 31.2 Å². The van der Waals surface area contributed by atoms with Crippen LogP contribution >= 0.6 is 0 Å². The summed E-state index contributed by atoms with van der Waals surface area (Å²) in [5, 5.41) is 3.85. The molecule has 0 atom stereocenters. The van der Waals surface area contributed by atoms with E-state index in [-0.39, 0.29) is 5.91 Å². The molecule has 2 heterocycles. The first-order valence-electron chi connectivity index (χ1n) is 10.9. The summed E-state index contributed by atoms with van der Waals surface area (Å²) in [6, 6.07) is 17.3. The summed E-state index contributed by atoms with van der Waals surface area (Å²) >= 11 is 0. The number of piperidine rings is 1. The van der Waals surface area contributed by atoms with Gasteiger partial charge < -0.3 is 9.88 Å². The van der Waals surface area contributed by atoms with Crippen LogP contribution in [0.2, 0.25) is 0 Å². The normalized spacial score (nSPS) is 15.2. The predicted octanol–water partition coefficient (Wildman–Crippen LogP) is 3.56. The Morgan fingerprint density at radius 3 is 2.52 bits per heavy atom. The number of carbonyl (C=O) groups excluding carboxylic acids is 1. The summed E-state index contributed by atoms with van der Waals surface area (Å²) < 4.78 is 29.4. The van der Waals surface area contributed by atoms with Gasteiger partial charge >= 0.3 is 0 Å². The van der Waals surface area contributed by atoms with E-state index < -0.39 is 10.0 Å². The molecule has 2 aromatic carbocycles. The van der Waals surface area contributed by atoms with Gasteiger partial charge in [0.1, 0.15) is 0 Å². The fourth-order valence-corrected chi connectivity index (χ4v) is 5.64. The van der Waals surface area contributed by atoms with Crippen LogP contribution in [0, 0.1) is 0 Å². The minimum Gasteiger partial charge on any atom is -0.356 e. The number of rotatable bonds is 8. The summed E-state index contributed by atoms with van der Waals surface area (Å²) in [5.74, 6) is 0.0158. The highest BCUT2D eigenvalue weighted by atomic mass is 32.2. The van der Waals surface area contributed by atoms with Crippen molar-refractivity contribution in [1.82, 2.24) is 14.2 Å². The number of hydrogen-bond donors (Lipinski definition) is 1. The SMILES string of the molecule is O=C(CCn1ccc2cc(S(=O)(=O)N3CCCCC3)ccc21)NCCc1ccccc1.